The molecule has 21 heavy (non-hydrogen) atoms. The third-order valence-corrected chi connectivity index (χ3v) is 4.66. The number of nitrogens with one attached hydrogen (secondary N) is 1. The third-order valence-electron chi connectivity index (χ3n) is 3.46. The molecule has 2 heterocycles. The summed E-state index contributed by atoms with van der Waals surface area (Å²) in [6, 6.07) is 0. The van der Waals surface area contributed by atoms with E-state index < -0.39 is 0 Å². The maximum Gasteiger partial charge on any atom is 0.262 e. The molecule has 1 amide bonds. The Morgan fingerprint density at radius 1 is 1.38 bits per heavy atom. The van der Waals surface area contributed by atoms with Gasteiger partial charge in [-0.05, 0) is 25.8 Å². The van der Waals surface area contributed by atoms with Crippen LogP contribution in [0.3, 0.4) is 0 Å². The molecule has 114 valence electrons. The highest BCUT2D eigenvalue weighted by molar-refractivity contribution is 7.20. The average molecular weight is 307 g/mol. The van der Waals surface area contributed by atoms with Crippen LogP contribution in [0.1, 0.15) is 48.3 Å². The van der Waals surface area contributed by atoms with Gasteiger partial charge in [0.25, 0.3) is 11.5 Å². The molecule has 6 heteroatoms. The van der Waals surface area contributed by atoms with Crippen LogP contribution in [0.4, 0.5) is 0 Å². The smallest absolute Gasteiger partial charge is 0.262 e. The number of rotatable bonds is 6. The highest BCUT2D eigenvalue weighted by atomic mass is 32.1. The van der Waals surface area contributed by atoms with Crippen molar-refractivity contribution in [3.8, 4) is 0 Å². The number of aryl methyl sites for hydroxylation is 2. The van der Waals surface area contributed by atoms with Crippen LogP contribution < -0.4 is 10.9 Å². The number of thiophene rings is 1. The summed E-state index contributed by atoms with van der Waals surface area (Å²) in [5.74, 6) is -0.130. The number of amides is 1. The first kappa shape index (κ1) is 15.7. The Labute approximate surface area is 128 Å². The van der Waals surface area contributed by atoms with Crippen molar-refractivity contribution in [1.82, 2.24) is 14.9 Å². The van der Waals surface area contributed by atoms with Crippen molar-refractivity contribution in [1.29, 1.82) is 0 Å². The molecular weight excluding hydrogens is 286 g/mol. The van der Waals surface area contributed by atoms with Gasteiger partial charge in [0.15, 0.2) is 0 Å². The highest BCUT2D eigenvalue weighted by Gasteiger charge is 2.18. The standard InChI is InChI=1S/C15H21N3O2S/c1-4-6-7-8-18-9-17-14-11(15(18)20)10(3)12(21-14)13(19)16-5-2/h9H,4-8H2,1-3H3,(H,16,19). The summed E-state index contributed by atoms with van der Waals surface area (Å²) in [6.07, 6.45) is 4.77. The van der Waals surface area contributed by atoms with E-state index in [1.54, 1.807) is 10.9 Å². The first-order valence-corrected chi connectivity index (χ1v) is 8.18. The molecule has 0 fully saturated rings. The monoisotopic (exact) mass is 307 g/mol. The number of hydrogen-bond donors (Lipinski definition) is 1. The molecule has 0 radical (unpaired) electrons. The molecular formula is C15H21N3O2S. The Hall–Kier alpha value is -1.69. The lowest BCUT2D eigenvalue weighted by atomic mass is 10.2. The van der Waals surface area contributed by atoms with E-state index in [-0.39, 0.29) is 11.5 Å². The first-order valence-electron chi connectivity index (χ1n) is 7.36. The quantitative estimate of drug-likeness (QED) is 0.835. The summed E-state index contributed by atoms with van der Waals surface area (Å²) < 4.78 is 1.65. The Kier molecular flexibility index (Phi) is 5.12. The summed E-state index contributed by atoms with van der Waals surface area (Å²) in [6.45, 7) is 7.08. The van der Waals surface area contributed by atoms with Crippen LogP contribution in [0.25, 0.3) is 10.2 Å². The summed E-state index contributed by atoms with van der Waals surface area (Å²) in [5.41, 5.74) is 0.698. The van der Waals surface area contributed by atoms with E-state index in [2.05, 4.69) is 17.2 Å². The second-order valence-corrected chi connectivity index (χ2v) is 6.05. The highest BCUT2D eigenvalue weighted by Crippen LogP contribution is 2.26. The minimum atomic E-state index is -0.130. The molecule has 0 aliphatic heterocycles. The van der Waals surface area contributed by atoms with Gasteiger partial charge in [-0.25, -0.2) is 4.98 Å². The molecule has 2 aromatic rings. The third kappa shape index (κ3) is 3.15. The molecule has 0 aliphatic carbocycles. The summed E-state index contributed by atoms with van der Waals surface area (Å²) >= 11 is 1.29. The minimum absolute atomic E-state index is 0.0413. The number of nitrogens with zero attached hydrogens (tertiary/aromatic N) is 2. The van der Waals surface area contributed by atoms with Gasteiger partial charge in [0, 0.05) is 13.1 Å². The van der Waals surface area contributed by atoms with Gasteiger partial charge in [0.1, 0.15) is 4.83 Å². The topological polar surface area (TPSA) is 64.0 Å². The van der Waals surface area contributed by atoms with Crippen LogP contribution in [0.5, 0.6) is 0 Å². The fraction of sp³-hybridized carbons (Fsp3) is 0.533. The van der Waals surface area contributed by atoms with Crippen LogP contribution >= 0.6 is 11.3 Å². The van der Waals surface area contributed by atoms with Crippen LogP contribution in [0, 0.1) is 6.92 Å². The van der Waals surface area contributed by atoms with Gasteiger partial charge in [-0.15, -0.1) is 11.3 Å². The maximum atomic E-state index is 12.5. The number of carbonyl (C=O) groups is 1. The molecule has 0 saturated heterocycles. The lowest BCUT2D eigenvalue weighted by Gasteiger charge is -2.04. The predicted octanol–water partition coefficient (Wildman–Crippen LogP) is 2.71. The lowest BCUT2D eigenvalue weighted by molar-refractivity contribution is 0.0959. The van der Waals surface area contributed by atoms with Gasteiger partial charge >= 0.3 is 0 Å². The molecule has 2 aromatic heterocycles. The number of carbonyl (C=O) groups excluding carboxylic acids is 1. The number of unbranched alkanes of at least 4 members (excludes halogenated alkanes) is 2. The fourth-order valence-corrected chi connectivity index (χ4v) is 3.36. The van der Waals surface area contributed by atoms with Crippen molar-refractivity contribution in [2.75, 3.05) is 6.54 Å². The second-order valence-electron chi connectivity index (χ2n) is 5.05. The van der Waals surface area contributed by atoms with Gasteiger partial charge in [-0.2, -0.15) is 0 Å². The van der Waals surface area contributed by atoms with E-state index in [1.165, 1.54) is 11.3 Å². The Morgan fingerprint density at radius 2 is 2.14 bits per heavy atom. The van der Waals surface area contributed by atoms with Crippen molar-refractivity contribution in [3.63, 3.8) is 0 Å². The molecule has 0 aliphatic rings. The normalized spacial score (nSPS) is 11.0. The van der Waals surface area contributed by atoms with Crippen molar-refractivity contribution in [3.05, 3.63) is 27.1 Å². The largest absolute Gasteiger partial charge is 0.352 e. The molecule has 0 atom stereocenters. The SMILES string of the molecule is CCCCCn1cnc2sc(C(=O)NCC)c(C)c2c1=O. The molecule has 2 rings (SSSR count). The molecule has 5 nitrogen and oxygen atoms in total. The van der Waals surface area contributed by atoms with E-state index in [1.807, 2.05) is 13.8 Å². The Bertz CT molecular complexity index is 703. The zero-order valence-corrected chi connectivity index (χ0v) is 13.5. The van der Waals surface area contributed by atoms with E-state index in [4.69, 9.17) is 0 Å². The van der Waals surface area contributed by atoms with E-state index in [0.29, 0.717) is 28.2 Å². The van der Waals surface area contributed by atoms with Crippen LogP contribution in [-0.4, -0.2) is 22.0 Å². The molecule has 0 saturated carbocycles. The average Bonchev–Trinajstić information content (AvgIpc) is 2.80. The van der Waals surface area contributed by atoms with Crippen molar-refractivity contribution in [2.45, 2.75) is 46.6 Å². The Balaban J connectivity index is 2.42. The summed E-state index contributed by atoms with van der Waals surface area (Å²) in [4.78, 5) is 30.1. The van der Waals surface area contributed by atoms with Gasteiger partial charge in [0.05, 0.1) is 16.6 Å². The zero-order chi connectivity index (χ0) is 15.4. The minimum Gasteiger partial charge on any atom is -0.352 e. The fourth-order valence-electron chi connectivity index (χ4n) is 2.31. The van der Waals surface area contributed by atoms with Gasteiger partial charge in [-0.3, -0.25) is 14.2 Å². The number of aromatic nitrogens is 2. The summed E-state index contributed by atoms with van der Waals surface area (Å²) in [7, 11) is 0. The first-order chi connectivity index (χ1) is 10.1. The van der Waals surface area contributed by atoms with Crippen LogP contribution in [0.15, 0.2) is 11.1 Å². The number of hydrogen-bond acceptors (Lipinski definition) is 4. The van der Waals surface area contributed by atoms with Gasteiger partial charge in [-0.1, -0.05) is 19.8 Å². The lowest BCUT2D eigenvalue weighted by Crippen LogP contribution is -2.23. The predicted molar refractivity (Wildman–Crippen MR) is 86.1 cm³/mol. The van der Waals surface area contributed by atoms with Crippen LogP contribution in [-0.2, 0) is 6.54 Å². The van der Waals surface area contributed by atoms with E-state index >= 15 is 0 Å². The van der Waals surface area contributed by atoms with E-state index in [9.17, 15) is 9.59 Å². The van der Waals surface area contributed by atoms with Crippen LogP contribution in [0.2, 0.25) is 0 Å². The molecule has 0 bridgehead atoms. The van der Waals surface area contributed by atoms with Crippen molar-refractivity contribution < 1.29 is 4.79 Å². The molecule has 0 aromatic carbocycles. The van der Waals surface area contributed by atoms with Crippen molar-refractivity contribution >= 4 is 27.5 Å². The number of fused-ring (bicyclic) bond motifs is 1. The van der Waals surface area contributed by atoms with Gasteiger partial charge < -0.3 is 5.32 Å². The molecule has 0 spiro atoms. The summed E-state index contributed by atoms with van der Waals surface area (Å²) in [5, 5.41) is 3.36. The molecule has 1 N–H and O–H groups in total. The zero-order valence-electron chi connectivity index (χ0n) is 12.7. The van der Waals surface area contributed by atoms with Crippen molar-refractivity contribution in [2.24, 2.45) is 0 Å². The Morgan fingerprint density at radius 3 is 2.81 bits per heavy atom. The maximum absolute atomic E-state index is 12.5. The molecule has 0 unspecified atom stereocenters. The van der Waals surface area contributed by atoms with E-state index in [0.717, 1.165) is 24.8 Å². The van der Waals surface area contributed by atoms with Gasteiger partial charge in [0.2, 0.25) is 0 Å². The second kappa shape index (κ2) is 6.85.